The van der Waals surface area contributed by atoms with Gasteiger partial charge in [-0.25, -0.2) is 4.79 Å². The van der Waals surface area contributed by atoms with Crippen LogP contribution in [0.2, 0.25) is 10.0 Å². The largest absolute Gasteiger partial charge is 0.493 e. The molecule has 3 aromatic rings. The van der Waals surface area contributed by atoms with Crippen LogP contribution in [-0.4, -0.2) is 12.6 Å². The molecule has 0 heterocycles. The first-order chi connectivity index (χ1) is 14.8. The van der Waals surface area contributed by atoms with E-state index in [4.69, 9.17) is 32.7 Å². The summed E-state index contributed by atoms with van der Waals surface area (Å²) < 4.78 is 11.9. The van der Waals surface area contributed by atoms with Crippen molar-refractivity contribution in [1.82, 2.24) is 0 Å². The molecule has 0 amide bonds. The van der Waals surface area contributed by atoms with Gasteiger partial charge in [-0.3, -0.25) is 0 Å². The summed E-state index contributed by atoms with van der Waals surface area (Å²) in [5.74, 6) is 0.618. The molecule has 3 aromatic carbocycles. The Morgan fingerprint density at radius 2 is 1.32 bits per heavy atom. The molecule has 0 aromatic heterocycles. The Labute approximate surface area is 193 Å². The van der Waals surface area contributed by atoms with Gasteiger partial charge in [0.1, 0.15) is 11.5 Å². The average Bonchev–Trinajstić information content (AvgIpc) is 2.72. The summed E-state index contributed by atoms with van der Waals surface area (Å²) in [7, 11) is 0. The van der Waals surface area contributed by atoms with Gasteiger partial charge >= 0.3 is 5.97 Å². The molecule has 0 aliphatic rings. The first-order valence-corrected chi connectivity index (χ1v) is 11.0. The monoisotopic (exact) mass is 456 g/mol. The third-order valence-electron chi connectivity index (χ3n) is 5.48. The highest BCUT2D eigenvalue weighted by atomic mass is 35.5. The predicted molar refractivity (Wildman–Crippen MR) is 128 cm³/mol. The number of hydrogen-bond acceptors (Lipinski definition) is 3. The molecular formula is C26H26Cl2O3. The number of halogens is 2. The third kappa shape index (κ3) is 4.73. The fourth-order valence-electron chi connectivity index (χ4n) is 3.46. The summed E-state index contributed by atoms with van der Waals surface area (Å²) in [5.41, 5.74) is 6.24. The van der Waals surface area contributed by atoms with Crippen LogP contribution in [0.5, 0.6) is 11.5 Å². The van der Waals surface area contributed by atoms with E-state index >= 15 is 0 Å². The van der Waals surface area contributed by atoms with Gasteiger partial charge in [0.25, 0.3) is 0 Å². The molecule has 0 bridgehead atoms. The average molecular weight is 457 g/mol. The van der Waals surface area contributed by atoms with Gasteiger partial charge in [-0.15, -0.1) is 0 Å². The topological polar surface area (TPSA) is 35.5 Å². The van der Waals surface area contributed by atoms with Crippen molar-refractivity contribution in [3.05, 3.63) is 80.3 Å². The number of esters is 1. The van der Waals surface area contributed by atoms with Gasteiger partial charge in [-0.2, -0.15) is 0 Å². The second-order valence-electron chi connectivity index (χ2n) is 7.60. The highest BCUT2D eigenvalue weighted by Crippen LogP contribution is 2.43. The number of ether oxygens (including phenoxy) is 2. The first kappa shape index (κ1) is 23.2. The van der Waals surface area contributed by atoms with Crippen molar-refractivity contribution in [2.24, 2.45) is 0 Å². The highest BCUT2D eigenvalue weighted by molar-refractivity contribution is 6.39. The van der Waals surface area contributed by atoms with Crippen LogP contribution < -0.4 is 9.47 Å². The van der Waals surface area contributed by atoms with Crippen molar-refractivity contribution in [2.75, 3.05) is 6.61 Å². The van der Waals surface area contributed by atoms with E-state index in [1.807, 2.05) is 38.1 Å². The maximum absolute atomic E-state index is 13.0. The number of hydrogen-bond donors (Lipinski definition) is 0. The number of aryl methyl sites for hydroxylation is 2. The molecule has 0 fully saturated rings. The molecule has 162 valence electrons. The molecule has 3 rings (SSSR count). The number of benzene rings is 3. The molecule has 0 saturated heterocycles. The fourth-order valence-corrected chi connectivity index (χ4v) is 4.02. The van der Waals surface area contributed by atoms with Gasteiger partial charge in [-0.05, 0) is 80.6 Å². The Kier molecular flexibility index (Phi) is 7.30. The molecule has 0 atom stereocenters. The van der Waals surface area contributed by atoms with Crippen LogP contribution in [0.25, 0.3) is 11.1 Å². The molecule has 0 spiro atoms. The van der Waals surface area contributed by atoms with Crippen LogP contribution in [0.1, 0.15) is 46.0 Å². The SMILES string of the molecule is CCCOc1ccc(C)c(C)c1-c1c(OC(=O)c2c(Cl)cccc2Cl)ccc(C)c1C. The molecule has 3 nitrogen and oxygen atoms in total. The smallest absolute Gasteiger partial charge is 0.346 e. The van der Waals surface area contributed by atoms with E-state index in [9.17, 15) is 4.79 Å². The van der Waals surface area contributed by atoms with Crippen molar-refractivity contribution in [3.8, 4) is 22.6 Å². The lowest BCUT2D eigenvalue weighted by molar-refractivity contribution is 0.0736. The summed E-state index contributed by atoms with van der Waals surface area (Å²) in [6.07, 6.45) is 0.895. The standard InChI is InChI=1S/C26H26Cl2O3/c1-6-14-30-21-12-10-15(2)17(4)23(21)24-18(5)16(3)11-13-22(24)31-26(29)25-19(27)8-7-9-20(25)28/h7-13H,6,14H2,1-5H3. The summed E-state index contributed by atoms with van der Waals surface area (Å²) in [6, 6.07) is 12.7. The lowest BCUT2D eigenvalue weighted by Crippen LogP contribution is -2.12. The normalized spacial score (nSPS) is 10.8. The summed E-state index contributed by atoms with van der Waals surface area (Å²) >= 11 is 12.5. The quantitative estimate of drug-likeness (QED) is 0.279. The van der Waals surface area contributed by atoms with Crippen LogP contribution in [0.3, 0.4) is 0 Å². The summed E-state index contributed by atoms with van der Waals surface area (Å²) in [4.78, 5) is 13.0. The Morgan fingerprint density at radius 1 is 0.806 bits per heavy atom. The maximum Gasteiger partial charge on any atom is 0.346 e. The lowest BCUT2D eigenvalue weighted by Gasteiger charge is -2.21. The summed E-state index contributed by atoms with van der Waals surface area (Å²) in [5, 5.41) is 0.503. The van der Waals surface area contributed by atoms with Crippen molar-refractivity contribution in [2.45, 2.75) is 41.0 Å². The zero-order valence-electron chi connectivity index (χ0n) is 18.4. The number of carbonyl (C=O) groups excluding carboxylic acids is 1. The molecule has 31 heavy (non-hydrogen) atoms. The Balaban J connectivity index is 2.19. The highest BCUT2D eigenvalue weighted by Gasteiger charge is 2.23. The van der Waals surface area contributed by atoms with Crippen LogP contribution in [0.4, 0.5) is 0 Å². The van der Waals surface area contributed by atoms with E-state index in [0.717, 1.165) is 45.6 Å². The van der Waals surface area contributed by atoms with Crippen molar-refractivity contribution < 1.29 is 14.3 Å². The zero-order chi connectivity index (χ0) is 22.7. The van der Waals surface area contributed by atoms with E-state index < -0.39 is 5.97 Å². The van der Waals surface area contributed by atoms with Gasteiger partial charge in [0.05, 0.1) is 22.2 Å². The van der Waals surface area contributed by atoms with E-state index in [2.05, 4.69) is 20.8 Å². The van der Waals surface area contributed by atoms with Gasteiger partial charge in [-0.1, -0.05) is 48.3 Å². The van der Waals surface area contributed by atoms with Crippen molar-refractivity contribution in [3.63, 3.8) is 0 Å². The number of rotatable bonds is 6. The molecule has 0 unspecified atom stereocenters. The molecule has 0 aliphatic heterocycles. The second kappa shape index (κ2) is 9.76. The molecule has 0 aliphatic carbocycles. The van der Waals surface area contributed by atoms with Gasteiger partial charge in [0, 0.05) is 11.1 Å². The van der Waals surface area contributed by atoms with Crippen molar-refractivity contribution in [1.29, 1.82) is 0 Å². The van der Waals surface area contributed by atoms with E-state index in [1.165, 1.54) is 0 Å². The minimum Gasteiger partial charge on any atom is -0.493 e. The lowest BCUT2D eigenvalue weighted by atomic mass is 9.90. The van der Waals surface area contributed by atoms with Gasteiger partial charge < -0.3 is 9.47 Å². The first-order valence-electron chi connectivity index (χ1n) is 10.3. The van der Waals surface area contributed by atoms with Crippen LogP contribution >= 0.6 is 23.2 Å². The van der Waals surface area contributed by atoms with Gasteiger partial charge in [0.15, 0.2) is 0 Å². The molecule has 0 radical (unpaired) electrons. The Morgan fingerprint density at radius 3 is 1.87 bits per heavy atom. The van der Waals surface area contributed by atoms with Crippen LogP contribution in [0.15, 0.2) is 42.5 Å². The minimum atomic E-state index is -0.596. The van der Waals surface area contributed by atoms with E-state index in [1.54, 1.807) is 18.2 Å². The Hall–Kier alpha value is -2.49. The third-order valence-corrected chi connectivity index (χ3v) is 6.11. The maximum atomic E-state index is 13.0. The molecule has 0 N–H and O–H groups in total. The summed E-state index contributed by atoms with van der Waals surface area (Å²) in [6.45, 7) is 10.8. The number of carbonyl (C=O) groups is 1. The fraction of sp³-hybridized carbons (Fsp3) is 0.269. The van der Waals surface area contributed by atoms with Crippen LogP contribution in [0, 0.1) is 27.7 Å². The van der Waals surface area contributed by atoms with E-state index in [-0.39, 0.29) is 15.6 Å². The van der Waals surface area contributed by atoms with Crippen molar-refractivity contribution >= 4 is 29.2 Å². The second-order valence-corrected chi connectivity index (χ2v) is 8.41. The molecule has 5 heteroatoms. The molecule has 0 saturated carbocycles. The van der Waals surface area contributed by atoms with Crippen LogP contribution in [-0.2, 0) is 0 Å². The predicted octanol–water partition coefficient (Wildman–Crippen LogP) is 7.90. The molecular weight excluding hydrogens is 431 g/mol. The zero-order valence-corrected chi connectivity index (χ0v) is 19.9. The van der Waals surface area contributed by atoms with Gasteiger partial charge in [0.2, 0.25) is 0 Å². The Bertz CT molecular complexity index is 1120. The minimum absolute atomic E-state index is 0.151. The van der Waals surface area contributed by atoms with E-state index in [0.29, 0.717) is 12.4 Å².